The summed E-state index contributed by atoms with van der Waals surface area (Å²) in [6.45, 7) is 2.04. The Morgan fingerprint density at radius 1 is 1.21 bits per heavy atom. The van der Waals surface area contributed by atoms with Gasteiger partial charge in [0, 0.05) is 12.7 Å². The molecule has 1 amide bonds. The van der Waals surface area contributed by atoms with Gasteiger partial charge in [-0.2, -0.15) is 4.98 Å². The van der Waals surface area contributed by atoms with Crippen LogP contribution in [-0.2, 0) is 6.42 Å². The van der Waals surface area contributed by atoms with Gasteiger partial charge in [0.25, 0.3) is 11.5 Å². The van der Waals surface area contributed by atoms with Gasteiger partial charge in [0.1, 0.15) is 5.65 Å². The predicted octanol–water partition coefficient (Wildman–Crippen LogP) is 1.70. The molecular formula is C20H21N3O5. The molecule has 0 saturated carbocycles. The van der Waals surface area contributed by atoms with Crippen LogP contribution in [0.15, 0.2) is 41.3 Å². The van der Waals surface area contributed by atoms with Crippen molar-refractivity contribution >= 4 is 11.6 Å². The van der Waals surface area contributed by atoms with E-state index in [-0.39, 0.29) is 12.1 Å². The average molecular weight is 383 g/mol. The molecule has 0 atom stereocenters. The molecule has 0 unspecified atom stereocenters. The maximum Gasteiger partial charge on any atom is 0.274 e. The van der Waals surface area contributed by atoms with E-state index in [0.717, 1.165) is 11.1 Å². The Bertz CT molecular complexity index is 1090. The molecule has 146 valence electrons. The Kier molecular flexibility index (Phi) is 5.49. The summed E-state index contributed by atoms with van der Waals surface area (Å²) in [5.74, 6) is -0.0450. The summed E-state index contributed by atoms with van der Waals surface area (Å²) in [4.78, 5) is 29.1. The Morgan fingerprint density at radius 2 is 1.96 bits per heavy atom. The molecule has 3 aromatic rings. The van der Waals surface area contributed by atoms with Crippen LogP contribution in [-0.4, -0.2) is 41.2 Å². The highest BCUT2D eigenvalue weighted by molar-refractivity contribution is 5.96. The molecule has 0 bridgehead atoms. The van der Waals surface area contributed by atoms with Crippen molar-refractivity contribution in [3.63, 3.8) is 0 Å². The van der Waals surface area contributed by atoms with Crippen molar-refractivity contribution in [3.8, 4) is 17.4 Å². The van der Waals surface area contributed by atoms with Gasteiger partial charge in [-0.15, -0.1) is 0 Å². The van der Waals surface area contributed by atoms with Crippen LogP contribution in [0.25, 0.3) is 5.65 Å². The standard InChI is InChI=1S/C20H21N3O5/c1-12-5-4-10-23-17(12)22-19(25)16(20(23)26)18(24)21-9-8-13-6-7-14(27-2)15(11-13)28-3/h4-7,10-11,25H,8-9H2,1-3H3,(H,21,24). The van der Waals surface area contributed by atoms with E-state index >= 15 is 0 Å². The minimum Gasteiger partial charge on any atom is -0.493 e. The maximum absolute atomic E-state index is 12.6. The number of hydrogen-bond donors (Lipinski definition) is 2. The number of benzene rings is 1. The molecule has 2 N–H and O–H groups in total. The monoisotopic (exact) mass is 383 g/mol. The molecule has 8 heteroatoms. The highest BCUT2D eigenvalue weighted by Crippen LogP contribution is 2.27. The fraction of sp³-hybridized carbons (Fsp3) is 0.250. The summed E-state index contributed by atoms with van der Waals surface area (Å²) in [7, 11) is 3.11. The largest absolute Gasteiger partial charge is 0.493 e. The van der Waals surface area contributed by atoms with Crippen LogP contribution < -0.4 is 20.3 Å². The zero-order chi connectivity index (χ0) is 20.3. The van der Waals surface area contributed by atoms with Crippen molar-refractivity contribution < 1.29 is 19.4 Å². The van der Waals surface area contributed by atoms with Crippen LogP contribution in [0.3, 0.4) is 0 Å². The molecule has 0 aliphatic heterocycles. The first kappa shape index (κ1) is 19.2. The number of methoxy groups -OCH3 is 2. The zero-order valence-electron chi connectivity index (χ0n) is 15.9. The highest BCUT2D eigenvalue weighted by Gasteiger charge is 2.20. The summed E-state index contributed by atoms with van der Waals surface area (Å²) in [6, 6.07) is 8.91. The van der Waals surface area contributed by atoms with Gasteiger partial charge in [0.2, 0.25) is 5.88 Å². The lowest BCUT2D eigenvalue weighted by Crippen LogP contribution is -2.33. The number of nitrogens with zero attached hydrogens (tertiary/aromatic N) is 2. The van der Waals surface area contributed by atoms with Crippen LogP contribution in [0.2, 0.25) is 0 Å². The summed E-state index contributed by atoms with van der Waals surface area (Å²) in [5, 5.41) is 12.8. The SMILES string of the molecule is COc1ccc(CCNC(=O)c2c(O)nc3c(C)cccn3c2=O)cc1OC. The van der Waals surface area contributed by atoms with E-state index in [1.54, 1.807) is 39.3 Å². The van der Waals surface area contributed by atoms with Crippen molar-refractivity contribution in [2.45, 2.75) is 13.3 Å². The predicted molar refractivity (Wildman–Crippen MR) is 103 cm³/mol. The lowest BCUT2D eigenvalue weighted by Gasteiger charge is -2.11. The van der Waals surface area contributed by atoms with E-state index in [2.05, 4.69) is 10.3 Å². The number of aromatic hydroxyl groups is 1. The molecule has 28 heavy (non-hydrogen) atoms. The summed E-state index contributed by atoms with van der Waals surface area (Å²) < 4.78 is 11.7. The number of amides is 1. The molecule has 3 rings (SSSR count). The second kappa shape index (κ2) is 7.99. The first-order chi connectivity index (χ1) is 13.5. The van der Waals surface area contributed by atoms with E-state index in [1.165, 1.54) is 10.6 Å². The van der Waals surface area contributed by atoms with Crippen molar-refractivity contribution in [1.82, 2.24) is 14.7 Å². The van der Waals surface area contributed by atoms with Crippen LogP contribution in [0.1, 0.15) is 21.5 Å². The van der Waals surface area contributed by atoms with Gasteiger partial charge in [-0.05, 0) is 42.7 Å². The Hall–Kier alpha value is -3.55. The minimum absolute atomic E-state index is 0.268. The molecule has 0 spiro atoms. The van der Waals surface area contributed by atoms with Crippen LogP contribution >= 0.6 is 0 Å². The van der Waals surface area contributed by atoms with Crippen LogP contribution in [0.4, 0.5) is 0 Å². The Morgan fingerprint density at radius 3 is 2.68 bits per heavy atom. The van der Waals surface area contributed by atoms with E-state index in [0.29, 0.717) is 23.6 Å². The number of nitrogens with one attached hydrogen (secondary N) is 1. The van der Waals surface area contributed by atoms with Gasteiger partial charge in [0.15, 0.2) is 17.1 Å². The van der Waals surface area contributed by atoms with Crippen molar-refractivity contribution in [2.24, 2.45) is 0 Å². The number of carbonyl (C=O) groups excluding carboxylic acids is 1. The molecule has 0 saturated heterocycles. The second-order valence-electron chi connectivity index (χ2n) is 6.20. The fourth-order valence-corrected chi connectivity index (χ4v) is 2.93. The number of pyridine rings is 1. The molecule has 0 radical (unpaired) electrons. The van der Waals surface area contributed by atoms with E-state index in [4.69, 9.17) is 9.47 Å². The van der Waals surface area contributed by atoms with Crippen LogP contribution in [0, 0.1) is 6.92 Å². The minimum atomic E-state index is -0.675. The normalized spacial score (nSPS) is 10.7. The molecule has 2 aromatic heterocycles. The summed E-state index contributed by atoms with van der Waals surface area (Å²) >= 11 is 0. The maximum atomic E-state index is 12.6. The van der Waals surface area contributed by atoms with Crippen molar-refractivity contribution in [3.05, 3.63) is 63.6 Å². The molecule has 0 aliphatic carbocycles. The first-order valence-electron chi connectivity index (χ1n) is 8.66. The van der Waals surface area contributed by atoms with Crippen molar-refractivity contribution in [1.29, 1.82) is 0 Å². The first-order valence-corrected chi connectivity index (χ1v) is 8.66. The number of aromatic nitrogens is 2. The van der Waals surface area contributed by atoms with Gasteiger partial charge in [0.05, 0.1) is 14.2 Å². The van der Waals surface area contributed by atoms with Crippen LogP contribution in [0.5, 0.6) is 17.4 Å². The molecular weight excluding hydrogens is 362 g/mol. The lowest BCUT2D eigenvalue weighted by molar-refractivity contribution is 0.0949. The van der Waals surface area contributed by atoms with Gasteiger partial charge < -0.3 is 19.9 Å². The third-order valence-corrected chi connectivity index (χ3v) is 4.40. The third-order valence-electron chi connectivity index (χ3n) is 4.40. The zero-order valence-corrected chi connectivity index (χ0v) is 15.9. The lowest BCUT2D eigenvalue weighted by atomic mass is 10.1. The molecule has 0 aliphatic rings. The third kappa shape index (κ3) is 3.62. The topological polar surface area (TPSA) is 102 Å². The van der Waals surface area contributed by atoms with E-state index < -0.39 is 17.3 Å². The molecule has 2 heterocycles. The Labute approximate surface area is 161 Å². The highest BCUT2D eigenvalue weighted by atomic mass is 16.5. The molecule has 8 nitrogen and oxygen atoms in total. The quantitative estimate of drug-likeness (QED) is 0.672. The second-order valence-corrected chi connectivity index (χ2v) is 6.20. The molecule has 1 aromatic carbocycles. The average Bonchev–Trinajstić information content (AvgIpc) is 2.68. The summed E-state index contributed by atoms with van der Waals surface area (Å²) in [5.41, 5.74) is 0.957. The van der Waals surface area contributed by atoms with Gasteiger partial charge >= 0.3 is 0 Å². The fourth-order valence-electron chi connectivity index (χ4n) is 2.93. The van der Waals surface area contributed by atoms with E-state index in [1.807, 2.05) is 12.1 Å². The van der Waals surface area contributed by atoms with Crippen molar-refractivity contribution in [2.75, 3.05) is 20.8 Å². The van der Waals surface area contributed by atoms with Gasteiger partial charge in [-0.1, -0.05) is 12.1 Å². The summed E-state index contributed by atoms with van der Waals surface area (Å²) in [6.07, 6.45) is 2.02. The van der Waals surface area contributed by atoms with E-state index in [9.17, 15) is 14.7 Å². The van der Waals surface area contributed by atoms with Gasteiger partial charge in [-0.25, -0.2) is 0 Å². The Balaban J connectivity index is 1.76. The number of hydrogen-bond acceptors (Lipinski definition) is 6. The number of fused-ring (bicyclic) bond motifs is 1. The molecule has 0 fully saturated rings. The smallest absolute Gasteiger partial charge is 0.274 e. The number of carbonyl (C=O) groups is 1. The number of ether oxygens (including phenoxy) is 2. The number of rotatable bonds is 6. The van der Waals surface area contributed by atoms with Gasteiger partial charge in [-0.3, -0.25) is 14.0 Å². The number of aryl methyl sites for hydroxylation is 1.